The second-order valence-electron chi connectivity index (χ2n) is 6.25. The molecule has 3 nitrogen and oxygen atoms in total. The zero-order valence-corrected chi connectivity index (χ0v) is 12.1. The van der Waals surface area contributed by atoms with Gasteiger partial charge in [-0.05, 0) is 5.41 Å². The van der Waals surface area contributed by atoms with Gasteiger partial charge in [0, 0.05) is 24.0 Å². The largest absolute Gasteiger partial charge is 0.512 e. The van der Waals surface area contributed by atoms with Gasteiger partial charge in [-0.1, -0.05) is 51.1 Å². The maximum Gasteiger partial charge on any atom is 0.170 e. The van der Waals surface area contributed by atoms with E-state index >= 15 is 0 Å². The predicted octanol–water partition coefficient (Wildman–Crippen LogP) is 3.71. The molecule has 1 aromatic rings. The van der Waals surface area contributed by atoms with E-state index in [0.29, 0.717) is 18.4 Å². The number of hydrogen-bond donors (Lipinski definition) is 1. The number of aliphatic hydroxyl groups is 1. The number of benzene rings is 1. The van der Waals surface area contributed by atoms with Gasteiger partial charge in [-0.2, -0.15) is 0 Å². The van der Waals surface area contributed by atoms with Crippen molar-refractivity contribution in [1.82, 2.24) is 0 Å². The molecule has 0 aliphatic heterocycles. The molecule has 0 fully saturated rings. The minimum atomic E-state index is -0.596. The second-order valence-corrected chi connectivity index (χ2v) is 6.25. The lowest BCUT2D eigenvalue weighted by molar-refractivity contribution is -0.119. The van der Waals surface area contributed by atoms with Crippen LogP contribution in [0.1, 0.15) is 44.0 Å². The smallest absolute Gasteiger partial charge is 0.170 e. The second kappa shape index (κ2) is 5.23. The standard InChI is InChI=1S/C17H20O3/c1-11(16(20)12-7-5-4-6-8-12)15-13(18)9-17(2,3)10-14(15)19/h4-8,11,18H,9-10H2,1-3H3/t11-/m0/s1. The van der Waals surface area contributed by atoms with Gasteiger partial charge in [0.15, 0.2) is 11.6 Å². The summed E-state index contributed by atoms with van der Waals surface area (Å²) in [6.45, 7) is 5.58. The molecule has 0 aromatic heterocycles. The van der Waals surface area contributed by atoms with E-state index in [2.05, 4.69) is 0 Å². The van der Waals surface area contributed by atoms with Crippen LogP contribution in [-0.4, -0.2) is 16.7 Å². The van der Waals surface area contributed by atoms with E-state index in [0.717, 1.165) is 0 Å². The highest BCUT2D eigenvalue weighted by Gasteiger charge is 2.37. The number of ketones is 2. The number of hydrogen-bond acceptors (Lipinski definition) is 3. The van der Waals surface area contributed by atoms with Crippen LogP contribution >= 0.6 is 0 Å². The Hall–Kier alpha value is -1.90. The molecular weight excluding hydrogens is 252 g/mol. The fraction of sp³-hybridized carbons (Fsp3) is 0.412. The van der Waals surface area contributed by atoms with Gasteiger partial charge in [-0.25, -0.2) is 0 Å². The van der Waals surface area contributed by atoms with Gasteiger partial charge in [0.25, 0.3) is 0 Å². The first kappa shape index (κ1) is 14.5. The molecule has 0 saturated carbocycles. The van der Waals surface area contributed by atoms with Crippen molar-refractivity contribution in [1.29, 1.82) is 0 Å². The zero-order chi connectivity index (χ0) is 14.9. The molecule has 0 radical (unpaired) electrons. The van der Waals surface area contributed by atoms with Crippen LogP contribution in [0.25, 0.3) is 0 Å². The van der Waals surface area contributed by atoms with Crippen molar-refractivity contribution in [3.8, 4) is 0 Å². The molecule has 106 valence electrons. The SMILES string of the molecule is C[C@H](C(=O)c1ccccc1)C1=C(O)CC(C)(C)CC1=O. The van der Waals surface area contributed by atoms with Crippen LogP contribution in [0, 0.1) is 11.3 Å². The minimum absolute atomic E-state index is 0.0723. The molecule has 0 bridgehead atoms. The van der Waals surface area contributed by atoms with E-state index in [1.54, 1.807) is 31.2 Å². The number of rotatable bonds is 3. The lowest BCUT2D eigenvalue weighted by Gasteiger charge is -2.31. The van der Waals surface area contributed by atoms with Gasteiger partial charge in [-0.15, -0.1) is 0 Å². The maximum atomic E-state index is 12.4. The minimum Gasteiger partial charge on any atom is -0.512 e. The molecule has 1 aromatic carbocycles. The fourth-order valence-electron chi connectivity index (χ4n) is 2.78. The predicted molar refractivity (Wildman–Crippen MR) is 77.6 cm³/mol. The molecule has 20 heavy (non-hydrogen) atoms. The number of carbonyl (C=O) groups is 2. The third kappa shape index (κ3) is 2.82. The molecule has 1 aliphatic rings. The summed E-state index contributed by atoms with van der Waals surface area (Å²) in [5.74, 6) is -0.764. The monoisotopic (exact) mass is 272 g/mol. The quantitative estimate of drug-likeness (QED) is 0.853. The molecule has 1 atom stereocenters. The van der Waals surface area contributed by atoms with E-state index < -0.39 is 5.92 Å². The van der Waals surface area contributed by atoms with Crippen LogP contribution in [0.4, 0.5) is 0 Å². The molecule has 0 saturated heterocycles. The molecule has 0 unspecified atom stereocenters. The summed E-state index contributed by atoms with van der Waals surface area (Å²) in [5, 5.41) is 10.1. The fourth-order valence-corrected chi connectivity index (χ4v) is 2.78. The Labute approximate surface area is 119 Å². The maximum absolute atomic E-state index is 12.4. The molecule has 1 N–H and O–H groups in total. The first-order chi connectivity index (χ1) is 9.32. The van der Waals surface area contributed by atoms with Gasteiger partial charge in [0.2, 0.25) is 0 Å². The van der Waals surface area contributed by atoms with Crippen LogP contribution < -0.4 is 0 Å². The van der Waals surface area contributed by atoms with Crippen molar-refractivity contribution in [2.45, 2.75) is 33.6 Å². The molecule has 2 rings (SSSR count). The summed E-state index contributed by atoms with van der Waals surface area (Å²) < 4.78 is 0. The van der Waals surface area contributed by atoms with Crippen LogP contribution in [0.15, 0.2) is 41.7 Å². The van der Waals surface area contributed by atoms with Gasteiger partial charge in [0.05, 0.1) is 5.92 Å². The summed E-state index contributed by atoms with van der Waals surface area (Å²) in [6, 6.07) is 8.88. The molecular formula is C17H20O3. The van der Waals surface area contributed by atoms with E-state index in [-0.39, 0.29) is 28.3 Å². The Kier molecular flexibility index (Phi) is 3.80. The number of allylic oxidation sites excluding steroid dienone is 2. The third-order valence-corrected chi connectivity index (χ3v) is 3.78. The highest BCUT2D eigenvalue weighted by molar-refractivity contribution is 6.08. The zero-order valence-electron chi connectivity index (χ0n) is 12.1. The summed E-state index contributed by atoms with van der Waals surface area (Å²) in [6.07, 6.45) is 0.819. The van der Waals surface area contributed by atoms with E-state index in [4.69, 9.17) is 0 Å². The van der Waals surface area contributed by atoms with Gasteiger partial charge in [0.1, 0.15) is 5.76 Å². The summed E-state index contributed by atoms with van der Waals surface area (Å²) in [7, 11) is 0. The van der Waals surface area contributed by atoms with Crippen molar-refractivity contribution < 1.29 is 14.7 Å². The van der Waals surface area contributed by atoms with Crippen LogP contribution in [0.2, 0.25) is 0 Å². The van der Waals surface area contributed by atoms with E-state index in [1.165, 1.54) is 0 Å². The Bertz CT molecular complexity index is 567. The Morgan fingerprint density at radius 3 is 2.35 bits per heavy atom. The molecule has 1 aliphatic carbocycles. The van der Waals surface area contributed by atoms with E-state index in [9.17, 15) is 14.7 Å². The summed E-state index contributed by atoms with van der Waals surface area (Å²) >= 11 is 0. The Morgan fingerprint density at radius 2 is 1.80 bits per heavy atom. The van der Waals surface area contributed by atoms with Crippen molar-refractivity contribution in [3.05, 3.63) is 47.2 Å². The highest BCUT2D eigenvalue weighted by atomic mass is 16.3. The molecule has 0 amide bonds. The number of Topliss-reactive ketones (excluding diaryl/α,β-unsaturated/α-hetero) is 2. The van der Waals surface area contributed by atoms with Crippen LogP contribution in [0.3, 0.4) is 0 Å². The van der Waals surface area contributed by atoms with Crippen LogP contribution in [-0.2, 0) is 4.79 Å². The van der Waals surface area contributed by atoms with E-state index in [1.807, 2.05) is 19.9 Å². The highest BCUT2D eigenvalue weighted by Crippen LogP contribution is 2.38. The van der Waals surface area contributed by atoms with Crippen molar-refractivity contribution in [2.75, 3.05) is 0 Å². The topological polar surface area (TPSA) is 54.4 Å². The summed E-state index contributed by atoms with van der Waals surface area (Å²) in [4.78, 5) is 24.6. The Morgan fingerprint density at radius 1 is 1.20 bits per heavy atom. The van der Waals surface area contributed by atoms with Crippen molar-refractivity contribution >= 4 is 11.6 Å². The van der Waals surface area contributed by atoms with Crippen molar-refractivity contribution in [2.24, 2.45) is 11.3 Å². The van der Waals surface area contributed by atoms with Gasteiger partial charge >= 0.3 is 0 Å². The first-order valence-electron chi connectivity index (χ1n) is 6.86. The average Bonchev–Trinajstić information content (AvgIpc) is 2.36. The number of carbonyl (C=O) groups excluding carboxylic acids is 2. The summed E-state index contributed by atoms with van der Waals surface area (Å²) in [5.41, 5.74) is 0.622. The molecule has 0 heterocycles. The number of aliphatic hydroxyl groups excluding tert-OH is 1. The average molecular weight is 272 g/mol. The Balaban J connectivity index is 2.31. The molecule has 0 spiro atoms. The lowest BCUT2D eigenvalue weighted by atomic mass is 9.73. The van der Waals surface area contributed by atoms with Crippen LogP contribution in [0.5, 0.6) is 0 Å². The van der Waals surface area contributed by atoms with Gasteiger partial charge in [-0.3, -0.25) is 9.59 Å². The van der Waals surface area contributed by atoms with Gasteiger partial charge < -0.3 is 5.11 Å². The van der Waals surface area contributed by atoms with Crippen molar-refractivity contribution in [3.63, 3.8) is 0 Å². The lowest BCUT2D eigenvalue weighted by Crippen LogP contribution is -2.30. The normalized spacial score (nSPS) is 19.9. The third-order valence-electron chi connectivity index (χ3n) is 3.78. The molecule has 3 heteroatoms. The first-order valence-corrected chi connectivity index (χ1v) is 6.86.